The molecular formula is C11H16N2. The zero-order valence-electron chi connectivity index (χ0n) is 7.87. The second kappa shape index (κ2) is 3.88. The van der Waals surface area contributed by atoms with Crippen molar-refractivity contribution in [3.05, 3.63) is 29.6 Å². The van der Waals surface area contributed by atoms with Crippen LogP contribution in [0.25, 0.3) is 0 Å². The van der Waals surface area contributed by atoms with Gasteiger partial charge in [0.05, 0.1) is 0 Å². The molecule has 1 aliphatic carbocycles. The van der Waals surface area contributed by atoms with Gasteiger partial charge in [0.1, 0.15) is 0 Å². The molecule has 0 aromatic carbocycles. The summed E-state index contributed by atoms with van der Waals surface area (Å²) < 4.78 is 0. The van der Waals surface area contributed by atoms with Gasteiger partial charge in [-0.3, -0.25) is 4.98 Å². The zero-order chi connectivity index (χ0) is 9.10. The van der Waals surface area contributed by atoms with Crippen LogP contribution >= 0.6 is 0 Å². The molecule has 0 radical (unpaired) electrons. The average molecular weight is 176 g/mol. The quantitative estimate of drug-likeness (QED) is 0.747. The Bertz CT molecular complexity index is 283. The van der Waals surface area contributed by atoms with Crippen molar-refractivity contribution in [3.63, 3.8) is 0 Å². The predicted molar refractivity (Wildman–Crippen MR) is 53.6 cm³/mol. The predicted octanol–water partition coefficient (Wildman–Crippen LogP) is 1.85. The normalized spacial score (nSPS) is 21.2. The number of hydrogen-bond acceptors (Lipinski definition) is 2. The van der Waals surface area contributed by atoms with E-state index >= 15 is 0 Å². The highest BCUT2D eigenvalue weighted by Crippen LogP contribution is 2.32. The van der Waals surface area contributed by atoms with Crippen molar-refractivity contribution in [2.75, 3.05) is 6.54 Å². The number of fused-ring (bicyclic) bond motifs is 1. The summed E-state index contributed by atoms with van der Waals surface area (Å²) in [6.07, 6.45) is 8.82. The topological polar surface area (TPSA) is 38.9 Å². The Kier molecular flexibility index (Phi) is 2.60. The van der Waals surface area contributed by atoms with Crippen LogP contribution in [0.15, 0.2) is 18.5 Å². The van der Waals surface area contributed by atoms with Crippen LogP contribution in [0.5, 0.6) is 0 Å². The number of aromatic nitrogens is 1. The SMILES string of the molecule is NCCC1CCCc2cnccc21. The lowest BCUT2D eigenvalue weighted by Crippen LogP contribution is -2.13. The maximum Gasteiger partial charge on any atom is 0.0302 e. The number of pyridine rings is 1. The highest BCUT2D eigenvalue weighted by atomic mass is 14.6. The first kappa shape index (κ1) is 8.70. The number of hydrogen-bond donors (Lipinski definition) is 1. The van der Waals surface area contributed by atoms with E-state index in [1.165, 1.54) is 30.4 Å². The Morgan fingerprint density at radius 2 is 2.46 bits per heavy atom. The molecule has 1 atom stereocenters. The summed E-state index contributed by atoms with van der Waals surface area (Å²) in [5.41, 5.74) is 8.53. The van der Waals surface area contributed by atoms with Crippen molar-refractivity contribution in [2.24, 2.45) is 5.73 Å². The minimum absolute atomic E-state index is 0.691. The van der Waals surface area contributed by atoms with Crippen molar-refractivity contribution in [1.82, 2.24) is 4.98 Å². The molecule has 1 aromatic rings. The summed E-state index contributed by atoms with van der Waals surface area (Å²) in [5.74, 6) is 0.691. The largest absolute Gasteiger partial charge is 0.330 e. The van der Waals surface area contributed by atoms with Gasteiger partial charge in [0.2, 0.25) is 0 Å². The molecule has 0 saturated carbocycles. The summed E-state index contributed by atoms with van der Waals surface area (Å²) in [6.45, 7) is 0.798. The third-order valence-corrected chi connectivity index (χ3v) is 2.89. The van der Waals surface area contributed by atoms with E-state index in [0.717, 1.165) is 13.0 Å². The molecule has 2 heteroatoms. The molecule has 0 fully saturated rings. The fourth-order valence-corrected chi connectivity index (χ4v) is 2.24. The van der Waals surface area contributed by atoms with Gasteiger partial charge in [0.25, 0.3) is 0 Å². The Labute approximate surface area is 79.2 Å². The van der Waals surface area contributed by atoms with Crippen molar-refractivity contribution < 1.29 is 0 Å². The van der Waals surface area contributed by atoms with Crippen LogP contribution in [0, 0.1) is 0 Å². The number of rotatable bonds is 2. The standard InChI is InChI=1S/C11H16N2/c12-6-4-9-2-1-3-10-8-13-7-5-11(9)10/h5,7-9H,1-4,6,12H2. The Morgan fingerprint density at radius 1 is 1.54 bits per heavy atom. The lowest BCUT2D eigenvalue weighted by molar-refractivity contribution is 0.524. The lowest BCUT2D eigenvalue weighted by Gasteiger charge is -2.24. The lowest BCUT2D eigenvalue weighted by atomic mass is 9.82. The van der Waals surface area contributed by atoms with Crippen LogP contribution < -0.4 is 5.73 Å². The van der Waals surface area contributed by atoms with Crippen molar-refractivity contribution in [2.45, 2.75) is 31.6 Å². The third kappa shape index (κ3) is 1.73. The van der Waals surface area contributed by atoms with E-state index in [-0.39, 0.29) is 0 Å². The van der Waals surface area contributed by atoms with Gasteiger partial charge in [0, 0.05) is 12.4 Å². The van der Waals surface area contributed by atoms with Gasteiger partial charge in [0.15, 0.2) is 0 Å². The Balaban J connectivity index is 2.26. The van der Waals surface area contributed by atoms with E-state index in [9.17, 15) is 0 Å². The highest BCUT2D eigenvalue weighted by molar-refractivity contribution is 5.29. The van der Waals surface area contributed by atoms with Gasteiger partial charge in [-0.2, -0.15) is 0 Å². The summed E-state index contributed by atoms with van der Waals surface area (Å²) in [7, 11) is 0. The van der Waals surface area contributed by atoms with Gasteiger partial charge >= 0.3 is 0 Å². The van der Waals surface area contributed by atoms with Crippen LogP contribution in [0.3, 0.4) is 0 Å². The maximum atomic E-state index is 5.60. The molecule has 13 heavy (non-hydrogen) atoms. The smallest absolute Gasteiger partial charge is 0.0302 e. The van der Waals surface area contributed by atoms with Gasteiger partial charge < -0.3 is 5.73 Å². The zero-order valence-corrected chi connectivity index (χ0v) is 7.87. The minimum Gasteiger partial charge on any atom is -0.330 e. The molecule has 1 heterocycles. The van der Waals surface area contributed by atoms with E-state index in [1.54, 1.807) is 0 Å². The average Bonchev–Trinajstić information content (AvgIpc) is 2.19. The van der Waals surface area contributed by atoms with Crippen LogP contribution in [0.1, 0.15) is 36.3 Å². The van der Waals surface area contributed by atoms with Crippen molar-refractivity contribution >= 4 is 0 Å². The van der Waals surface area contributed by atoms with E-state index in [4.69, 9.17) is 5.73 Å². The molecule has 2 nitrogen and oxygen atoms in total. The molecule has 0 aliphatic heterocycles. The first-order valence-corrected chi connectivity index (χ1v) is 5.04. The molecule has 70 valence electrons. The molecule has 1 aromatic heterocycles. The van der Waals surface area contributed by atoms with Crippen molar-refractivity contribution in [3.8, 4) is 0 Å². The molecular weight excluding hydrogens is 160 g/mol. The molecule has 0 saturated heterocycles. The van der Waals surface area contributed by atoms with Gasteiger partial charge in [-0.05, 0) is 55.3 Å². The van der Waals surface area contributed by atoms with Crippen LogP contribution in [0.2, 0.25) is 0 Å². The fraction of sp³-hybridized carbons (Fsp3) is 0.545. The number of nitrogens with zero attached hydrogens (tertiary/aromatic N) is 1. The van der Waals surface area contributed by atoms with Crippen LogP contribution in [-0.2, 0) is 6.42 Å². The molecule has 0 bridgehead atoms. The van der Waals surface area contributed by atoms with Gasteiger partial charge in [-0.25, -0.2) is 0 Å². The Morgan fingerprint density at radius 3 is 3.31 bits per heavy atom. The summed E-state index contributed by atoms with van der Waals surface area (Å²) in [6, 6.07) is 2.16. The van der Waals surface area contributed by atoms with Gasteiger partial charge in [-0.15, -0.1) is 0 Å². The summed E-state index contributed by atoms with van der Waals surface area (Å²) in [5, 5.41) is 0. The first-order valence-electron chi connectivity index (χ1n) is 5.04. The van der Waals surface area contributed by atoms with E-state index in [1.807, 2.05) is 12.4 Å². The minimum atomic E-state index is 0.691. The molecule has 1 unspecified atom stereocenters. The van der Waals surface area contributed by atoms with Crippen LogP contribution in [-0.4, -0.2) is 11.5 Å². The Hall–Kier alpha value is -0.890. The molecule has 0 spiro atoms. The van der Waals surface area contributed by atoms with Crippen LogP contribution in [0.4, 0.5) is 0 Å². The second-order valence-electron chi connectivity index (χ2n) is 3.74. The van der Waals surface area contributed by atoms with Gasteiger partial charge in [-0.1, -0.05) is 0 Å². The fourth-order valence-electron chi connectivity index (χ4n) is 2.24. The monoisotopic (exact) mass is 176 g/mol. The third-order valence-electron chi connectivity index (χ3n) is 2.89. The maximum absolute atomic E-state index is 5.60. The van der Waals surface area contributed by atoms with E-state index in [0.29, 0.717) is 5.92 Å². The molecule has 0 amide bonds. The van der Waals surface area contributed by atoms with E-state index in [2.05, 4.69) is 11.1 Å². The molecule has 1 aliphatic rings. The first-order chi connectivity index (χ1) is 6.42. The second-order valence-corrected chi connectivity index (χ2v) is 3.74. The van der Waals surface area contributed by atoms with Crippen molar-refractivity contribution in [1.29, 1.82) is 0 Å². The molecule has 2 rings (SSSR count). The highest BCUT2D eigenvalue weighted by Gasteiger charge is 2.18. The number of nitrogens with two attached hydrogens (primary N) is 1. The molecule has 2 N–H and O–H groups in total. The van der Waals surface area contributed by atoms with E-state index < -0.39 is 0 Å². The summed E-state index contributed by atoms with van der Waals surface area (Å²) >= 11 is 0. The summed E-state index contributed by atoms with van der Waals surface area (Å²) in [4.78, 5) is 4.16. The number of aryl methyl sites for hydroxylation is 1.